The Morgan fingerprint density at radius 3 is 2.15 bits per heavy atom. The number of rotatable bonds is 7. The molecule has 3 nitrogen and oxygen atoms in total. The van der Waals surface area contributed by atoms with Gasteiger partial charge in [-0.2, -0.15) is 0 Å². The van der Waals surface area contributed by atoms with E-state index in [1.807, 2.05) is 47.1 Å². The molecule has 3 aromatic carbocycles. The Morgan fingerprint density at radius 2 is 1.56 bits per heavy atom. The normalized spacial score (nSPS) is 14.1. The SMILES string of the molecule is C/C=C(C1=C(C)/C(=C/CC)c2cc(C)cc(C(C)[B]c3ccccc3C(=O)O)c2O1)\c1ccccc1C.CC.CC. The first-order chi connectivity index (χ1) is 19.8. The number of fused-ring (bicyclic) bond motifs is 1. The van der Waals surface area contributed by atoms with Crippen LogP contribution in [-0.2, 0) is 0 Å². The molecule has 0 aliphatic carbocycles. The van der Waals surface area contributed by atoms with E-state index >= 15 is 0 Å². The predicted molar refractivity (Wildman–Crippen MR) is 178 cm³/mol. The van der Waals surface area contributed by atoms with Crippen molar-refractivity contribution in [1.82, 2.24) is 0 Å². The van der Waals surface area contributed by atoms with E-state index in [1.165, 1.54) is 11.1 Å². The molecule has 1 radical (unpaired) electrons. The van der Waals surface area contributed by atoms with Crippen LogP contribution in [0.25, 0.3) is 11.1 Å². The summed E-state index contributed by atoms with van der Waals surface area (Å²) in [4.78, 5) is 11.8. The molecule has 0 amide bonds. The van der Waals surface area contributed by atoms with Gasteiger partial charge in [-0.3, -0.25) is 0 Å². The molecule has 215 valence electrons. The number of hydrogen-bond acceptors (Lipinski definition) is 2. The van der Waals surface area contributed by atoms with Crippen molar-refractivity contribution in [1.29, 1.82) is 0 Å². The molecule has 3 aromatic rings. The van der Waals surface area contributed by atoms with Crippen LogP contribution in [0.3, 0.4) is 0 Å². The molecule has 0 bridgehead atoms. The van der Waals surface area contributed by atoms with Crippen LogP contribution in [0.4, 0.5) is 0 Å². The molecule has 1 aliphatic heterocycles. The molecule has 0 aromatic heterocycles. The van der Waals surface area contributed by atoms with Gasteiger partial charge in [0.05, 0.1) is 5.56 Å². The first kappa shape index (κ1) is 33.4. The van der Waals surface area contributed by atoms with Gasteiger partial charge in [0, 0.05) is 11.1 Å². The minimum Gasteiger partial charge on any atom is -0.478 e. The van der Waals surface area contributed by atoms with Crippen molar-refractivity contribution in [2.45, 2.75) is 81.5 Å². The smallest absolute Gasteiger partial charge is 0.335 e. The summed E-state index contributed by atoms with van der Waals surface area (Å²) in [7, 11) is 2.02. The van der Waals surface area contributed by atoms with Crippen molar-refractivity contribution in [3.8, 4) is 5.75 Å². The van der Waals surface area contributed by atoms with Crippen LogP contribution in [0.2, 0.25) is 0 Å². The third-order valence-electron chi connectivity index (χ3n) is 6.99. The number of ether oxygens (including phenoxy) is 1. The van der Waals surface area contributed by atoms with Crippen LogP contribution in [0.1, 0.15) is 106 Å². The third kappa shape index (κ3) is 7.49. The van der Waals surface area contributed by atoms with E-state index in [0.29, 0.717) is 11.0 Å². The van der Waals surface area contributed by atoms with E-state index in [4.69, 9.17) is 4.74 Å². The molecule has 1 heterocycles. The van der Waals surface area contributed by atoms with Crippen molar-refractivity contribution in [2.75, 3.05) is 0 Å². The third-order valence-corrected chi connectivity index (χ3v) is 6.99. The largest absolute Gasteiger partial charge is 0.478 e. The molecular formula is C37H46BO3. The lowest BCUT2D eigenvalue weighted by molar-refractivity contribution is 0.0698. The van der Waals surface area contributed by atoms with Crippen LogP contribution in [0.15, 0.2) is 84.1 Å². The zero-order valence-corrected chi connectivity index (χ0v) is 26.6. The maximum absolute atomic E-state index is 11.8. The summed E-state index contributed by atoms with van der Waals surface area (Å²) in [5.41, 5.74) is 10.0. The van der Waals surface area contributed by atoms with E-state index in [0.717, 1.165) is 51.3 Å². The molecule has 1 unspecified atom stereocenters. The molecule has 0 spiro atoms. The number of aryl methyl sites for hydroxylation is 2. The Balaban J connectivity index is 0.00000141. The fourth-order valence-corrected chi connectivity index (χ4v) is 5.16. The Hall–Kier alpha value is -3.79. The summed E-state index contributed by atoms with van der Waals surface area (Å²) in [5, 5.41) is 9.70. The number of hydrogen-bond donors (Lipinski definition) is 1. The van der Waals surface area contributed by atoms with Crippen molar-refractivity contribution >= 4 is 29.9 Å². The molecule has 1 N–H and O–H groups in total. The zero-order valence-electron chi connectivity index (χ0n) is 26.6. The highest BCUT2D eigenvalue weighted by Crippen LogP contribution is 2.46. The molecule has 0 saturated heterocycles. The van der Waals surface area contributed by atoms with Crippen LogP contribution in [0, 0.1) is 13.8 Å². The summed E-state index contributed by atoms with van der Waals surface area (Å²) in [6, 6.07) is 19.9. The van der Waals surface area contributed by atoms with Gasteiger partial charge < -0.3 is 9.84 Å². The van der Waals surface area contributed by atoms with Crippen LogP contribution in [0.5, 0.6) is 5.75 Å². The van der Waals surface area contributed by atoms with Crippen LogP contribution < -0.4 is 10.2 Å². The first-order valence-corrected chi connectivity index (χ1v) is 14.9. The second-order valence-corrected chi connectivity index (χ2v) is 9.68. The fraction of sp³-hybridized carbons (Fsp3) is 0.324. The summed E-state index contributed by atoms with van der Waals surface area (Å²) in [6.45, 7) is 20.7. The summed E-state index contributed by atoms with van der Waals surface area (Å²) < 4.78 is 6.84. The summed E-state index contributed by atoms with van der Waals surface area (Å²) >= 11 is 0. The second-order valence-electron chi connectivity index (χ2n) is 9.68. The first-order valence-electron chi connectivity index (χ1n) is 14.9. The van der Waals surface area contributed by atoms with Gasteiger partial charge in [-0.15, -0.1) is 0 Å². The average molecular weight is 550 g/mol. The number of aromatic carboxylic acids is 1. The van der Waals surface area contributed by atoms with Crippen LogP contribution in [-0.4, -0.2) is 18.4 Å². The van der Waals surface area contributed by atoms with Crippen LogP contribution >= 0.6 is 0 Å². The topological polar surface area (TPSA) is 46.5 Å². The van der Waals surface area contributed by atoms with Crippen molar-refractivity contribution in [3.63, 3.8) is 0 Å². The minimum absolute atomic E-state index is 0.0656. The Labute approximate surface area is 248 Å². The molecule has 4 rings (SSSR count). The van der Waals surface area contributed by atoms with Gasteiger partial charge in [0.2, 0.25) is 0 Å². The van der Waals surface area contributed by atoms with E-state index in [2.05, 4.69) is 90.1 Å². The molecule has 1 atom stereocenters. The highest BCUT2D eigenvalue weighted by Gasteiger charge is 2.29. The van der Waals surface area contributed by atoms with Gasteiger partial charge in [-0.25, -0.2) is 4.79 Å². The standard InChI is InChI=1S/C33H34BO3.2C2H6/c1-7-13-26-22(5)31(24(8-2)25-15-10-9-14-21(25)4)37-32-28(18-20(3)19-29(26)32)23(6)34-30-17-12-11-16-27(30)33(35)36;2*1-2/h8-19,23H,7H2,1-6H3,(H,35,36);2*1-2H3/b24-8+,26-13-;;. The highest BCUT2D eigenvalue weighted by atomic mass is 16.5. The number of benzene rings is 3. The van der Waals surface area contributed by atoms with E-state index in [1.54, 1.807) is 12.1 Å². The maximum Gasteiger partial charge on any atom is 0.335 e. The van der Waals surface area contributed by atoms with E-state index in [-0.39, 0.29) is 5.82 Å². The van der Waals surface area contributed by atoms with Gasteiger partial charge in [0.25, 0.3) is 0 Å². The van der Waals surface area contributed by atoms with Gasteiger partial charge in [0.1, 0.15) is 11.5 Å². The highest BCUT2D eigenvalue weighted by molar-refractivity contribution is 6.56. The Bertz CT molecular complexity index is 1440. The summed E-state index contributed by atoms with van der Waals surface area (Å²) in [5.74, 6) is 0.721. The summed E-state index contributed by atoms with van der Waals surface area (Å²) in [6.07, 6.45) is 5.31. The monoisotopic (exact) mass is 549 g/mol. The second kappa shape index (κ2) is 15.9. The van der Waals surface area contributed by atoms with E-state index in [9.17, 15) is 9.90 Å². The Kier molecular flexibility index (Phi) is 12.9. The number of carboxylic acids is 1. The van der Waals surface area contributed by atoms with Gasteiger partial charge in [-0.05, 0) is 85.5 Å². The molecule has 1 aliphatic rings. The minimum atomic E-state index is -0.925. The molecule has 41 heavy (non-hydrogen) atoms. The maximum atomic E-state index is 11.8. The van der Waals surface area contributed by atoms with Gasteiger partial charge >= 0.3 is 5.97 Å². The predicted octanol–water partition coefficient (Wildman–Crippen LogP) is 9.71. The number of carbonyl (C=O) groups is 1. The van der Waals surface area contributed by atoms with Crippen molar-refractivity contribution in [3.05, 3.63) is 118 Å². The lowest BCUT2D eigenvalue weighted by Crippen LogP contribution is -2.27. The van der Waals surface area contributed by atoms with Gasteiger partial charge in [-0.1, -0.05) is 108 Å². The van der Waals surface area contributed by atoms with Crippen molar-refractivity contribution in [2.24, 2.45) is 0 Å². The van der Waals surface area contributed by atoms with Crippen molar-refractivity contribution < 1.29 is 14.6 Å². The quantitative estimate of drug-likeness (QED) is 0.299. The lowest BCUT2D eigenvalue weighted by atomic mass is 9.56. The van der Waals surface area contributed by atoms with Gasteiger partial charge in [0.15, 0.2) is 7.28 Å². The fourth-order valence-electron chi connectivity index (χ4n) is 5.16. The lowest BCUT2D eigenvalue weighted by Gasteiger charge is -2.30. The number of allylic oxidation sites excluding steroid dienone is 5. The average Bonchev–Trinajstić information content (AvgIpc) is 2.98. The molecule has 0 fully saturated rings. The van der Waals surface area contributed by atoms with E-state index < -0.39 is 5.97 Å². The zero-order chi connectivity index (χ0) is 30.7. The number of carboxylic acid groups (broad SMARTS) is 1. The molecule has 0 saturated carbocycles. The Morgan fingerprint density at radius 1 is 0.951 bits per heavy atom. The molecular weight excluding hydrogens is 503 g/mol. The molecule has 4 heteroatoms.